The zero-order chi connectivity index (χ0) is 17.4. The van der Waals surface area contributed by atoms with Crippen LogP contribution in [0.2, 0.25) is 0 Å². The van der Waals surface area contributed by atoms with E-state index in [0.717, 1.165) is 57.3 Å². The van der Waals surface area contributed by atoms with Crippen molar-refractivity contribution in [3.8, 4) is 0 Å². The van der Waals surface area contributed by atoms with E-state index in [0.29, 0.717) is 6.04 Å². The van der Waals surface area contributed by atoms with Gasteiger partial charge in [0.15, 0.2) is 5.96 Å². The van der Waals surface area contributed by atoms with E-state index in [1.807, 2.05) is 12.1 Å². The highest BCUT2D eigenvalue weighted by Crippen LogP contribution is 2.16. The molecular formula is C18H30FN5. The van der Waals surface area contributed by atoms with Crippen LogP contribution in [0.4, 0.5) is 10.1 Å². The second-order valence-corrected chi connectivity index (χ2v) is 6.26. The maximum Gasteiger partial charge on any atom is 0.191 e. The van der Waals surface area contributed by atoms with Crippen molar-refractivity contribution in [1.29, 1.82) is 0 Å². The molecule has 1 fully saturated rings. The molecule has 0 saturated carbocycles. The molecule has 0 aliphatic carbocycles. The van der Waals surface area contributed by atoms with Gasteiger partial charge in [-0.25, -0.2) is 4.39 Å². The van der Waals surface area contributed by atoms with Crippen LogP contribution < -0.4 is 15.5 Å². The van der Waals surface area contributed by atoms with Gasteiger partial charge < -0.3 is 15.5 Å². The summed E-state index contributed by atoms with van der Waals surface area (Å²) in [5.41, 5.74) is 1.10. The fourth-order valence-corrected chi connectivity index (χ4v) is 2.74. The number of halogens is 1. The molecule has 1 atom stereocenters. The third-order valence-electron chi connectivity index (χ3n) is 4.50. The van der Waals surface area contributed by atoms with Crippen LogP contribution in [0.3, 0.4) is 0 Å². The average Bonchev–Trinajstić information content (AvgIpc) is 2.62. The van der Waals surface area contributed by atoms with E-state index in [1.54, 1.807) is 7.05 Å². The smallest absolute Gasteiger partial charge is 0.191 e. The van der Waals surface area contributed by atoms with Crippen molar-refractivity contribution in [1.82, 2.24) is 15.5 Å². The molecule has 1 aromatic carbocycles. The van der Waals surface area contributed by atoms with Crippen molar-refractivity contribution in [2.24, 2.45) is 4.99 Å². The van der Waals surface area contributed by atoms with Gasteiger partial charge in [0, 0.05) is 58.0 Å². The Hall–Kier alpha value is -1.82. The third-order valence-corrected chi connectivity index (χ3v) is 4.50. The first-order valence-corrected chi connectivity index (χ1v) is 8.82. The number of guanidine groups is 1. The number of hydrogen-bond acceptors (Lipinski definition) is 3. The van der Waals surface area contributed by atoms with E-state index in [4.69, 9.17) is 0 Å². The summed E-state index contributed by atoms with van der Waals surface area (Å²) in [7, 11) is 1.80. The molecule has 0 amide bonds. The molecule has 1 heterocycles. The van der Waals surface area contributed by atoms with Gasteiger partial charge in [-0.15, -0.1) is 0 Å². The molecule has 134 valence electrons. The van der Waals surface area contributed by atoms with Gasteiger partial charge >= 0.3 is 0 Å². The molecular weight excluding hydrogens is 305 g/mol. The lowest BCUT2D eigenvalue weighted by molar-refractivity contribution is 0.261. The zero-order valence-corrected chi connectivity index (χ0v) is 15.1. The van der Waals surface area contributed by atoms with Gasteiger partial charge in [0.1, 0.15) is 5.82 Å². The molecule has 2 rings (SSSR count). The Kier molecular flexibility index (Phi) is 7.31. The average molecular weight is 335 g/mol. The van der Waals surface area contributed by atoms with Gasteiger partial charge in [0.2, 0.25) is 0 Å². The molecule has 0 spiro atoms. The van der Waals surface area contributed by atoms with Crippen LogP contribution in [0, 0.1) is 5.82 Å². The van der Waals surface area contributed by atoms with Crippen molar-refractivity contribution in [3.05, 3.63) is 30.1 Å². The molecule has 1 aliphatic rings. The van der Waals surface area contributed by atoms with Gasteiger partial charge in [0.05, 0.1) is 0 Å². The maximum atomic E-state index is 13.0. The van der Waals surface area contributed by atoms with E-state index in [2.05, 4.69) is 39.3 Å². The predicted molar refractivity (Wildman–Crippen MR) is 99.3 cm³/mol. The molecule has 0 aromatic heterocycles. The quantitative estimate of drug-likeness (QED) is 0.616. The first-order chi connectivity index (χ1) is 11.6. The minimum Gasteiger partial charge on any atom is -0.369 e. The number of hydrogen-bond donors (Lipinski definition) is 2. The van der Waals surface area contributed by atoms with Gasteiger partial charge in [-0.2, -0.15) is 0 Å². The van der Waals surface area contributed by atoms with Crippen molar-refractivity contribution >= 4 is 11.6 Å². The van der Waals surface area contributed by atoms with E-state index < -0.39 is 0 Å². The molecule has 2 N–H and O–H groups in total. The molecule has 0 bridgehead atoms. The highest BCUT2D eigenvalue weighted by atomic mass is 19.1. The molecule has 1 aromatic rings. The second kappa shape index (κ2) is 9.47. The summed E-state index contributed by atoms with van der Waals surface area (Å²) in [6.07, 6.45) is 1.08. The normalized spacial score (nSPS) is 17.7. The topological polar surface area (TPSA) is 42.9 Å². The molecule has 1 aliphatic heterocycles. The van der Waals surface area contributed by atoms with E-state index in [1.165, 1.54) is 12.1 Å². The lowest BCUT2D eigenvalue weighted by Crippen LogP contribution is -2.50. The summed E-state index contributed by atoms with van der Waals surface area (Å²) in [5, 5.41) is 6.74. The number of piperazine rings is 1. The molecule has 6 heteroatoms. The number of anilines is 1. The molecule has 1 unspecified atom stereocenters. The van der Waals surface area contributed by atoms with Crippen molar-refractivity contribution in [3.63, 3.8) is 0 Å². The predicted octanol–water partition coefficient (Wildman–Crippen LogP) is 1.91. The molecule has 1 saturated heterocycles. The second-order valence-electron chi connectivity index (χ2n) is 6.26. The van der Waals surface area contributed by atoms with Gasteiger partial charge in [0.25, 0.3) is 0 Å². The Morgan fingerprint density at radius 2 is 1.88 bits per heavy atom. The van der Waals surface area contributed by atoms with Gasteiger partial charge in [-0.1, -0.05) is 6.92 Å². The van der Waals surface area contributed by atoms with E-state index in [-0.39, 0.29) is 5.82 Å². The first-order valence-electron chi connectivity index (χ1n) is 8.82. The highest BCUT2D eigenvalue weighted by molar-refractivity contribution is 5.79. The SMILES string of the molecule is CCC(C)NC(=NC)NCCN1CCN(c2ccc(F)cc2)CC1. The summed E-state index contributed by atoms with van der Waals surface area (Å²) in [6, 6.07) is 7.20. The summed E-state index contributed by atoms with van der Waals surface area (Å²) >= 11 is 0. The van der Waals surface area contributed by atoms with E-state index >= 15 is 0 Å². The van der Waals surface area contributed by atoms with Crippen LogP contribution >= 0.6 is 0 Å². The largest absolute Gasteiger partial charge is 0.369 e. The van der Waals surface area contributed by atoms with Crippen LogP contribution in [0.25, 0.3) is 0 Å². The van der Waals surface area contributed by atoms with Crippen LogP contribution in [-0.4, -0.2) is 63.2 Å². The van der Waals surface area contributed by atoms with Gasteiger partial charge in [-0.3, -0.25) is 9.89 Å². The lowest BCUT2D eigenvalue weighted by atomic mass is 10.2. The van der Waals surface area contributed by atoms with Crippen LogP contribution in [0.15, 0.2) is 29.3 Å². The Labute approximate surface area is 144 Å². The number of aliphatic imine (C=N–C) groups is 1. The summed E-state index contributed by atoms with van der Waals surface area (Å²) < 4.78 is 13.0. The highest BCUT2D eigenvalue weighted by Gasteiger charge is 2.17. The Morgan fingerprint density at radius 1 is 1.21 bits per heavy atom. The minimum absolute atomic E-state index is 0.178. The van der Waals surface area contributed by atoms with Crippen LogP contribution in [0.5, 0.6) is 0 Å². The Bertz CT molecular complexity index is 509. The van der Waals surface area contributed by atoms with Gasteiger partial charge in [-0.05, 0) is 37.6 Å². The number of nitrogens with one attached hydrogen (secondary N) is 2. The monoisotopic (exact) mass is 335 g/mol. The van der Waals surface area contributed by atoms with Crippen molar-refractivity contribution < 1.29 is 4.39 Å². The number of nitrogens with zero attached hydrogens (tertiary/aromatic N) is 3. The van der Waals surface area contributed by atoms with Crippen molar-refractivity contribution in [2.45, 2.75) is 26.3 Å². The summed E-state index contributed by atoms with van der Waals surface area (Å²) in [5.74, 6) is 0.692. The van der Waals surface area contributed by atoms with E-state index in [9.17, 15) is 4.39 Å². The zero-order valence-electron chi connectivity index (χ0n) is 15.1. The van der Waals surface area contributed by atoms with Crippen LogP contribution in [0.1, 0.15) is 20.3 Å². The molecule has 5 nitrogen and oxygen atoms in total. The van der Waals surface area contributed by atoms with Crippen molar-refractivity contribution in [2.75, 3.05) is 51.2 Å². The number of rotatable bonds is 6. The fourth-order valence-electron chi connectivity index (χ4n) is 2.74. The standard InChI is InChI=1S/C18H30FN5/c1-4-15(2)22-18(20-3)21-9-10-23-11-13-24(14-12-23)17-7-5-16(19)6-8-17/h5-8,15H,4,9-14H2,1-3H3,(H2,20,21,22). The Morgan fingerprint density at radius 3 is 2.46 bits per heavy atom. The Balaban J connectivity index is 1.68. The minimum atomic E-state index is -0.178. The first kappa shape index (κ1) is 18.5. The fraction of sp³-hybridized carbons (Fsp3) is 0.611. The summed E-state index contributed by atoms with van der Waals surface area (Å²) in [4.78, 5) is 9.01. The third kappa shape index (κ3) is 5.67. The summed E-state index contributed by atoms with van der Waals surface area (Å²) in [6.45, 7) is 10.2. The lowest BCUT2D eigenvalue weighted by Gasteiger charge is -2.36. The molecule has 24 heavy (non-hydrogen) atoms. The van der Waals surface area contributed by atoms with Crippen LogP contribution in [-0.2, 0) is 0 Å². The molecule has 0 radical (unpaired) electrons. The number of benzene rings is 1. The maximum absolute atomic E-state index is 13.0.